The summed E-state index contributed by atoms with van der Waals surface area (Å²) >= 11 is 3.43. The van der Waals surface area contributed by atoms with Crippen molar-refractivity contribution in [1.82, 2.24) is 5.32 Å². The van der Waals surface area contributed by atoms with Gasteiger partial charge in [-0.3, -0.25) is 9.59 Å². The lowest BCUT2D eigenvalue weighted by Crippen LogP contribution is -2.35. The Bertz CT molecular complexity index is 528. The molecule has 0 saturated heterocycles. The van der Waals surface area contributed by atoms with E-state index in [1.54, 1.807) is 13.8 Å². The number of rotatable bonds is 8. The standard InChI is InChI=1S/C17H24BrNO3/c1-4-13(10-12-6-5-7-14(18)11-12)15(20)19-9-8-17(2,3)16(21)22/h5-7,11,13H,4,8-10H2,1-3H3,(H,19,20)(H,21,22). The summed E-state index contributed by atoms with van der Waals surface area (Å²) in [6.45, 7) is 5.71. The van der Waals surface area contributed by atoms with Crippen LogP contribution in [0.4, 0.5) is 0 Å². The molecule has 0 aliphatic heterocycles. The fraction of sp³-hybridized carbons (Fsp3) is 0.529. The van der Waals surface area contributed by atoms with Crippen LogP contribution in [-0.2, 0) is 16.0 Å². The van der Waals surface area contributed by atoms with E-state index in [4.69, 9.17) is 5.11 Å². The van der Waals surface area contributed by atoms with Crippen LogP contribution in [0.2, 0.25) is 0 Å². The van der Waals surface area contributed by atoms with Crippen LogP contribution in [0.25, 0.3) is 0 Å². The van der Waals surface area contributed by atoms with Gasteiger partial charge in [-0.15, -0.1) is 0 Å². The fourth-order valence-corrected chi connectivity index (χ4v) is 2.57. The summed E-state index contributed by atoms with van der Waals surface area (Å²) in [6.07, 6.45) is 1.85. The average molecular weight is 370 g/mol. The molecule has 5 heteroatoms. The van der Waals surface area contributed by atoms with Gasteiger partial charge in [0.15, 0.2) is 0 Å². The first kappa shape index (κ1) is 18.7. The molecule has 0 radical (unpaired) electrons. The predicted molar refractivity (Wildman–Crippen MR) is 90.7 cm³/mol. The number of benzene rings is 1. The second-order valence-corrected chi connectivity index (χ2v) is 7.08. The summed E-state index contributed by atoms with van der Waals surface area (Å²) in [5, 5.41) is 11.9. The Hall–Kier alpha value is -1.36. The number of carboxylic acids is 1. The average Bonchev–Trinajstić information content (AvgIpc) is 2.44. The van der Waals surface area contributed by atoms with E-state index in [0.29, 0.717) is 19.4 Å². The first-order valence-electron chi connectivity index (χ1n) is 7.52. The zero-order chi connectivity index (χ0) is 16.8. The van der Waals surface area contributed by atoms with Gasteiger partial charge in [0.2, 0.25) is 5.91 Å². The van der Waals surface area contributed by atoms with Crippen LogP contribution in [0.3, 0.4) is 0 Å². The Labute approximate surface area is 140 Å². The summed E-state index contributed by atoms with van der Waals surface area (Å²) in [4.78, 5) is 23.3. The van der Waals surface area contributed by atoms with Crippen molar-refractivity contribution in [3.63, 3.8) is 0 Å². The smallest absolute Gasteiger partial charge is 0.309 e. The van der Waals surface area contributed by atoms with E-state index < -0.39 is 11.4 Å². The van der Waals surface area contributed by atoms with Crippen molar-refractivity contribution in [2.24, 2.45) is 11.3 Å². The van der Waals surface area contributed by atoms with E-state index in [2.05, 4.69) is 21.2 Å². The zero-order valence-corrected chi connectivity index (χ0v) is 14.9. The third kappa shape index (κ3) is 5.79. The van der Waals surface area contributed by atoms with Crippen molar-refractivity contribution < 1.29 is 14.7 Å². The van der Waals surface area contributed by atoms with Crippen LogP contribution in [0, 0.1) is 11.3 Å². The summed E-state index contributed by atoms with van der Waals surface area (Å²) in [5.41, 5.74) is 0.293. The number of carbonyl (C=O) groups excluding carboxylic acids is 1. The van der Waals surface area contributed by atoms with E-state index in [0.717, 1.165) is 16.5 Å². The van der Waals surface area contributed by atoms with Gasteiger partial charge in [0.1, 0.15) is 0 Å². The molecule has 122 valence electrons. The predicted octanol–water partition coefficient (Wildman–Crippen LogP) is 3.63. The minimum Gasteiger partial charge on any atom is -0.481 e. The molecular formula is C17H24BrNO3. The van der Waals surface area contributed by atoms with E-state index in [1.807, 2.05) is 31.2 Å². The van der Waals surface area contributed by atoms with Crippen LogP contribution in [-0.4, -0.2) is 23.5 Å². The molecule has 1 amide bonds. The van der Waals surface area contributed by atoms with Crippen molar-refractivity contribution in [1.29, 1.82) is 0 Å². The molecule has 1 aromatic rings. The molecule has 1 aromatic carbocycles. The molecule has 1 unspecified atom stereocenters. The first-order chi connectivity index (χ1) is 10.3. The van der Waals surface area contributed by atoms with Gasteiger partial charge in [0, 0.05) is 16.9 Å². The molecule has 0 bridgehead atoms. The molecular weight excluding hydrogens is 346 g/mol. The molecule has 1 rings (SSSR count). The van der Waals surface area contributed by atoms with Crippen LogP contribution in [0.1, 0.15) is 39.2 Å². The summed E-state index contributed by atoms with van der Waals surface area (Å²) < 4.78 is 1.00. The van der Waals surface area contributed by atoms with Gasteiger partial charge >= 0.3 is 5.97 Å². The summed E-state index contributed by atoms with van der Waals surface area (Å²) in [7, 11) is 0. The summed E-state index contributed by atoms with van der Waals surface area (Å²) in [5.74, 6) is -0.950. The molecule has 1 atom stereocenters. The SMILES string of the molecule is CCC(Cc1cccc(Br)c1)C(=O)NCCC(C)(C)C(=O)O. The molecule has 0 fully saturated rings. The molecule has 22 heavy (non-hydrogen) atoms. The highest BCUT2D eigenvalue weighted by atomic mass is 79.9. The second kappa shape index (κ2) is 8.32. The molecule has 0 heterocycles. The monoisotopic (exact) mass is 369 g/mol. The quantitative estimate of drug-likeness (QED) is 0.734. The van der Waals surface area contributed by atoms with Gasteiger partial charge in [-0.05, 0) is 50.8 Å². The van der Waals surface area contributed by atoms with Crippen molar-refractivity contribution in [3.8, 4) is 0 Å². The number of halogens is 1. The fourth-order valence-electron chi connectivity index (χ4n) is 2.12. The van der Waals surface area contributed by atoms with Gasteiger partial charge in [0.05, 0.1) is 5.41 Å². The molecule has 0 spiro atoms. The Morgan fingerprint density at radius 2 is 2.05 bits per heavy atom. The van der Waals surface area contributed by atoms with E-state index in [1.165, 1.54) is 0 Å². The van der Waals surface area contributed by atoms with E-state index in [-0.39, 0.29) is 11.8 Å². The topological polar surface area (TPSA) is 66.4 Å². The van der Waals surface area contributed by atoms with Crippen LogP contribution >= 0.6 is 15.9 Å². The lowest BCUT2D eigenvalue weighted by atomic mass is 9.89. The Balaban J connectivity index is 2.53. The molecule has 0 aromatic heterocycles. The maximum atomic E-state index is 12.2. The first-order valence-corrected chi connectivity index (χ1v) is 8.31. The zero-order valence-electron chi connectivity index (χ0n) is 13.4. The van der Waals surface area contributed by atoms with E-state index >= 15 is 0 Å². The third-order valence-corrected chi connectivity index (χ3v) is 4.36. The normalized spacial score (nSPS) is 12.7. The van der Waals surface area contributed by atoms with Crippen molar-refractivity contribution >= 4 is 27.8 Å². The Morgan fingerprint density at radius 1 is 1.36 bits per heavy atom. The van der Waals surface area contributed by atoms with Crippen LogP contribution in [0.15, 0.2) is 28.7 Å². The number of hydrogen-bond acceptors (Lipinski definition) is 2. The van der Waals surface area contributed by atoms with Crippen molar-refractivity contribution in [3.05, 3.63) is 34.3 Å². The van der Waals surface area contributed by atoms with Gasteiger partial charge < -0.3 is 10.4 Å². The minimum absolute atomic E-state index is 0.0105. The van der Waals surface area contributed by atoms with Crippen molar-refractivity contribution in [2.45, 2.75) is 40.0 Å². The third-order valence-electron chi connectivity index (χ3n) is 3.86. The maximum Gasteiger partial charge on any atom is 0.309 e. The van der Waals surface area contributed by atoms with Gasteiger partial charge in [0.25, 0.3) is 0 Å². The van der Waals surface area contributed by atoms with E-state index in [9.17, 15) is 9.59 Å². The molecule has 2 N–H and O–H groups in total. The number of carbonyl (C=O) groups is 2. The lowest BCUT2D eigenvalue weighted by Gasteiger charge is -2.20. The Morgan fingerprint density at radius 3 is 2.59 bits per heavy atom. The molecule has 4 nitrogen and oxygen atoms in total. The van der Waals surface area contributed by atoms with Crippen LogP contribution in [0.5, 0.6) is 0 Å². The highest BCUT2D eigenvalue weighted by Crippen LogP contribution is 2.20. The highest BCUT2D eigenvalue weighted by Gasteiger charge is 2.27. The number of nitrogens with one attached hydrogen (secondary N) is 1. The molecule has 0 saturated carbocycles. The van der Waals surface area contributed by atoms with Crippen molar-refractivity contribution in [2.75, 3.05) is 6.54 Å². The van der Waals surface area contributed by atoms with Gasteiger partial charge in [-0.2, -0.15) is 0 Å². The largest absolute Gasteiger partial charge is 0.481 e. The highest BCUT2D eigenvalue weighted by molar-refractivity contribution is 9.10. The second-order valence-electron chi connectivity index (χ2n) is 6.17. The summed E-state index contributed by atoms with van der Waals surface area (Å²) in [6, 6.07) is 7.94. The Kier molecular flexibility index (Phi) is 7.07. The number of carboxylic acid groups (broad SMARTS) is 1. The van der Waals surface area contributed by atoms with Gasteiger partial charge in [-0.25, -0.2) is 0 Å². The number of amides is 1. The van der Waals surface area contributed by atoms with Gasteiger partial charge in [-0.1, -0.05) is 35.0 Å². The maximum absolute atomic E-state index is 12.2. The van der Waals surface area contributed by atoms with Crippen LogP contribution < -0.4 is 5.32 Å². The minimum atomic E-state index is -0.845. The lowest BCUT2D eigenvalue weighted by molar-refractivity contribution is -0.147. The molecule has 0 aliphatic carbocycles. The number of hydrogen-bond donors (Lipinski definition) is 2. The number of aliphatic carboxylic acids is 1. The molecule has 0 aliphatic rings.